The molecule has 0 radical (unpaired) electrons. The summed E-state index contributed by atoms with van der Waals surface area (Å²) in [4.78, 5) is 0. The molecule has 0 bridgehead atoms. The van der Waals surface area contributed by atoms with Gasteiger partial charge in [-0.05, 0) is 51.6 Å². The summed E-state index contributed by atoms with van der Waals surface area (Å²) in [5.41, 5.74) is 11.9. The van der Waals surface area contributed by atoms with Crippen LogP contribution in [0.25, 0.3) is 21.9 Å². The van der Waals surface area contributed by atoms with Crippen molar-refractivity contribution in [2.45, 2.75) is 6.42 Å². The van der Waals surface area contributed by atoms with Crippen LogP contribution in [0.15, 0.2) is 91.0 Å². The van der Waals surface area contributed by atoms with Crippen molar-refractivity contribution < 1.29 is 0 Å². The second kappa shape index (κ2) is 6.21. The molecule has 4 rings (SSSR count). The van der Waals surface area contributed by atoms with Crippen LogP contribution in [0.3, 0.4) is 0 Å². The van der Waals surface area contributed by atoms with Crippen molar-refractivity contribution in [1.82, 2.24) is 0 Å². The molecule has 0 unspecified atom stereocenters. The predicted octanol–water partition coefficient (Wildman–Crippen LogP) is 5.68. The van der Waals surface area contributed by atoms with Gasteiger partial charge in [-0.1, -0.05) is 78.9 Å². The molecule has 24 heavy (non-hydrogen) atoms. The molecule has 116 valence electrons. The van der Waals surface area contributed by atoms with E-state index < -0.39 is 0 Å². The van der Waals surface area contributed by atoms with Gasteiger partial charge in [0.05, 0.1) is 0 Å². The fraction of sp³-hybridized carbons (Fsp3) is 0.0435. The van der Waals surface area contributed by atoms with Crippen molar-refractivity contribution in [3.05, 3.63) is 102 Å². The van der Waals surface area contributed by atoms with Gasteiger partial charge in [-0.15, -0.1) is 0 Å². The first-order chi connectivity index (χ1) is 11.8. The summed E-state index contributed by atoms with van der Waals surface area (Å²) >= 11 is 0. The Labute approximate surface area is 142 Å². The van der Waals surface area contributed by atoms with Gasteiger partial charge in [0.25, 0.3) is 0 Å². The summed E-state index contributed by atoms with van der Waals surface area (Å²) < 4.78 is 0. The molecule has 0 fully saturated rings. The van der Waals surface area contributed by atoms with Crippen LogP contribution in [-0.2, 0) is 6.42 Å². The summed E-state index contributed by atoms with van der Waals surface area (Å²) in [5.74, 6) is 0. The number of anilines is 1. The van der Waals surface area contributed by atoms with Crippen molar-refractivity contribution >= 4 is 16.5 Å². The molecule has 0 atom stereocenters. The smallest absolute Gasteiger partial charge is 0.0349 e. The highest BCUT2D eigenvalue weighted by Gasteiger charge is 2.03. The van der Waals surface area contributed by atoms with Gasteiger partial charge in [0.2, 0.25) is 0 Å². The van der Waals surface area contributed by atoms with Crippen LogP contribution in [0.2, 0.25) is 0 Å². The second-order valence-corrected chi connectivity index (χ2v) is 6.14. The molecular weight excluding hydrogens is 290 g/mol. The maximum atomic E-state index is 6.07. The van der Waals surface area contributed by atoms with Crippen LogP contribution in [0.5, 0.6) is 0 Å². The Kier molecular flexibility index (Phi) is 3.76. The van der Waals surface area contributed by atoms with Gasteiger partial charge in [0.1, 0.15) is 0 Å². The van der Waals surface area contributed by atoms with E-state index in [4.69, 9.17) is 5.73 Å². The molecule has 0 saturated carbocycles. The molecule has 0 spiro atoms. The SMILES string of the molecule is Nc1ccccc1Cc1ccc2cc(-c3ccccc3)ccc2c1. The van der Waals surface area contributed by atoms with Gasteiger partial charge in [-0.25, -0.2) is 0 Å². The van der Waals surface area contributed by atoms with Gasteiger partial charge in [0.15, 0.2) is 0 Å². The van der Waals surface area contributed by atoms with Gasteiger partial charge < -0.3 is 5.73 Å². The summed E-state index contributed by atoms with van der Waals surface area (Å²) in [7, 11) is 0. The van der Waals surface area contributed by atoms with Crippen LogP contribution < -0.4 is 5.73 Å². The van der Waals surface area contributed by atoms with Crippen molar-refractivity contribution in [3.63, 3.8) is 0 Å². The van der Waals surface area contributed by atoms with Crippen molar-refractivity contribution in [2.75, 3.05) is 5.73 Å². The van der Waals surface area contributed by atoms with E-state index in [1.54, 1.807) is 0 Å². The van der Waals surface area contributed by atoms with Crippen LogP contribution >= 0.6 is 0 Å². The van der Waals surface area contributed by atoms with Gasteiger partial charge in [-0.3, -0.25) is 0 Å². The number of fused-ring (bicyclic) bond motifs is 1. The number of rotatable bonds is 3. The highest BCUT2D eigenvalue weighted by Crippen LogP contribution is 2.26. The predicted molar refractivity (Wildman–Crippen MR) is 103 cm³/mol. The molecule has 0 aliphatic carbocycles. The van der Waals surface area contributed by atoms with E-state index >= 15 is 0 Å². The minimum Gasteiger partial charge on any atom is -0.398 e. The van der Waals surface area contributed by atoms with E-state index in [1.165, 1.54) is 33.0 Å². The van der Waals surface area contributed by atoms with E-state index in [2.05, 4.69) is 66.7 Å². The van der Waals surface area contributed by atoms with Crippen LogP contribution in [0.1, 0.15) is 11.1 Å². The third-order valence-corrected chi connectivity index (χ3v) is 4.46. The number of hydrogen-bond donors (Lipinski definition) is 1. The molecule has 0 aliphatic heterocycles. The molecule has 0 saturated heterocycles. The van der Waals surface area contributed by atoms with Gasteiger partial charge >= 0.3 is 0 Å². The molecule has 0 amide bonds. The van der Waals surface area contributed by atoms with E-state index in [0.29, 0.717) is 0 Å². The summed E-state index contributed by atoms with van der Waals surface area (Å²) in [6.45, 7) is 0. The number of benzene rings is 4. The summed E-state index contributed by atoms with van der Waals surface area (Å²) in [5, 5.41) is 2.53. The fourth-order valence-corrected chi connectivity index (χ4v) is 3.13. The molecular formula is C23H19N. The van der Waals surface area contributed by atoms with Gasteiger partial charge in [-0.2, -0.15) is 0 Å². The summed E-state index contributed by atoms with van der Waals surface area (Å²) in [6.07, 6.45) is 0.864. The second-order valence-electron chi connectivity index (χ2n) is 6.14. The topological polar surface area (TPSA) is 26.0 Å². The standard InChI is InChI=1S/C23H19N/c24-23-9-5-4-8-22(23)15-17-10-11-21-16-20(13-12-19(21)14-17)18-6-2-1-3-7-18/h1-14,16H,15,24H2. The Bertz CT molecular complexity index is 987. The van der Waals surface area contributed by atoms with E-state index in [1.807, 2.05) is 24.3 Å². The largest absolute Gasteiger partial charge is 0.398 e. The molecule has 1 heteroatoms. The average molecular weight is 309 g/mol. The summed E-state index contributed by atoms with van der Waals surface area (Å²) in [6, 6.07) is 31.9. The molecule has 1 nitrogen and oxygen atoms in total. The lowest BCUT2D eigenvalue weighted by molar-refractivity contribution is 1.20. The van der Waals surface area contributed by atoms with E-state index in [0.717, 1.165) is 12.1 Å². The van der Waals surface area contributed by atoms with Crippen molar-refractivity contribution in [2.24, 2.45) is 0 Å². The number of hydrogen-bond acceptors (Lipinski definition) is 1. The minimum absolute atomic E-state index is 0.858. The molecule has 4 aromatic rings. The Balaban J connectivity index is 1.68. The first kappa shape index (κ1) is 14.5. The van der Waals surface area contributed by atoms with Crippen molar-refractivity contribution in [1.29, 1.82) is 0 Å². The lowest BCUT2D eigenvalue weighted by Gasteiger charge is -2.08. The van der Waals surface area contributed by atoms with Crippen LogP contribution in [0, 0.1) is 0 Å². The molecule has 0 aromatic heterocycles. The number of nitrogens with two attached hydrogens (primary N) is 1. The Morgan fingerprint density at radius 2 is 1.29 bits per heavy atom. The van der Waals surface area contributed by atoms with E-state index in [-0.39, 0.29) is 0 Å². The van der Waals surface area contributed by atoms with Crippen molar-refractivity contribution in [3.8, 4) is 11.1 Å². The fourth-order valence-electron chi connectivity index (χ4n) is 3.13. The quantitative estimate of drug-likeness (QED) is 0.484. The number of nitrogen functional groups attached to an aromatic ring is 1. The molecule has 2 N–H and O–H groups in total. The highest BCUT2D eigenvalue weighted by molar-refractivity contribution is 5.88. The monoisotopic (exact) mass is 309 g/mol. The lowest BCUT2D eigenvalue weighted by atomic mass is 9.97. The maximum Gasteiger partial charge on any atom is 0.0349 e. The van der Waals surface area contributed by atoms with Crippen LogP contribution in [0.4, 0.5) is 5.69 Å². The Hall–Kier alpha value is -3.06. The third-order valence-electron chi connectivity index (χ3n) is 4.46. The maximum absolute atomic E-state index is 6.07. The minimum atomic E-state index is 0.858. The molecule has 0 heterocycles. The first-order valence-corrected chi connectivity index (χ1v) is 8.21. The normalized spacial score (nSPS) is 10.8. The van der Waals surface area contributed by atoms with Crippen LogP contribution in [-0.4, -0.2) is 0 Å². The third kappa shape index (κ3) is 2.89. The average Bonchev–Trinajstić information content (AvgIpc) is 2.64. The molecule has 0 aliphatic rings. The Morgan fingerprint density at radius 3 is 2.12 bits per heavy atom. The first-order valence-electron chi connectivity index (χ1n) is 8.21. The zero-order chi connectivity index (χ0) is 16.4. The molecule has 4 aromatic carbocycles. The highest BCUT2D eigenvalue weighted by atomic mass is 14.6. The Morgan fingerprint density at radius 1 is 0.583 bits per heavy atom. The number of para-hydroxylation sites is 1. The zero-order valence-corrected chi connectivity index (χ0v) is 13.4. The zero-order valence-electron chi connectivity index (χ0n) is 13.4. The van der Waals surface area contributed by atoms with E-state index in [9.17, 15) is 0 Å². The lowest BCUT2D eigenvalue weighted by Crippen LogP contribution is -1.95. The van der Waals surface area contributed by atoms with Gasteiger partial charge in [0, 0.05) is 5.69 Å².